The third-order valence-electron chi connectivity index (χ3n) is 6.08. The van der Waals surface area contributed by atoms with Crippen LogP contribution >= 0.6 is 11.8 Å². The van der Waals surface area contributed by atoms with Crippen molar-refractivity contribution >= 4 is 28.7 Å². The highest BCUT2D eigenvalue weighted by molar-refractivity contribution is 8.03. The van der Waals surface area contributed by atoms with Crippen molar-refractivity contribution in [2.45, 2.75) is 45.9 Å². The summed E-state index contributed by atoms with van der Waals surface area (Å²) in [6, 6.07) is 25.4. The van der Waals surface area contributed by atoms with E-state index < -0.39 is 0 Å². The summed E-state index contributed by atoms with van der Waals surface area (Å²) in [4.78, 5) is 5.94. The Morgan fingerprint density at radius 2 is 1.60 bits per heavy atom. The molecule has 184 valence electrons. The monoisotopic (exact) mass is 487 g/mol. The van der Waals surface area contributed by atoms with Crippen LogP contribution in [0, 0.1) is 0 Å². The zero-order valence-corrected chi connectivity index (χ0v) is 22.5. The number of rotatable bonds is 8. The van der Waals surface area contributed by atoms with Gasteiger partial charge in [-0.25, -0.2) is 0 Å². The van der Waals surface area contributed by atoms with Gasteiger partial charge in [-0.05, 0) is 68.7 Å². The average molecular weight is 488 g/mol. The second-order valence-corrected chi connectivity index (χ2v) is 9.11. The highest BCUT2D eigenvalue weighted by atomic mass is 32.2. The highest BCUT2D eigenvalue weighted by Gasteiger charge is 2.24. The maximum absolute atomic E-state index is 8.85. The molecule has 3 aromatic carbocycles. The maximum Gasteiger partial charge on any atom is 0.263 e. The van der Waals surface area contributed by atoms with Crippen molar-refractivity contribution in [3.63, 3.8) is 0 Å². The molecular formula is C31H39N2OS+. The van der Waals surface area contributed by atoms with Crippen LogP contribution in [0.3, 0.4) is 0 Å². The Hall–Kier alpha value is -3.11. The number of thioether (sulfide) groups is 1. The molecule has 3 nitrogen and oxygen atoms in total. The lowest BCUT2D eigenvalue weighted by molar-refractivity contribution is 0.473. The first-order chi connectivity index (χ1) is 17.1. The topological polar surface area (TPSA) is 29.4 Å². The molecule has 0 bridgehead atoms. The number of allylic oxidation sites excluding steroid dienone is 3. The number of hydrogen-bond acceptors (Lipinski definition) is 3. The number of anilines is 2. The van der Waals surface area contributed by atoms with Crippen molar-refractivity contribution in [3.05, 3.63) is 101 Å². The lowest BCUT2D eigenvalue weighted by atomic mass is 10.0. The van der Waals surface area contributed by atoms with Crippen molar-refractivity contribution in [1.82, 2.24) is 0 Å². The molecule has 4 rings (SSSR count). The Kier molecular flexibility index (Phi) is 9.92. The molecule has 1 aliphatic heterocycles. The van der Waals surface area contributed by atoms with Crippen LogP contribution < -0.4 is 9.80 Å². The Morgan fingerprint density at radius 1 is 0.914 bits per heavy atom. The summed E-state index contributed by atoms with van der Waals surface area (Å²) >= 11 is 1.81. The van der Waals surface area contributed by atoms with E-state index >= 15 is 0 Å². The van der Waals surface area contributed by atoms with Gasteiger partial charge < -0.3 is 14.9 Å². The molecule has 0 radical (unpaired) electrons. The van der Waals surface area contributed by atoms with Crippen molar-refractivity contribution in [2.24, 2.45) is 0 Å². The summed E-state index contributed by atoms with van der Waals surface area (Å²) in [5.41, 5.74) is 5.73. The predicted octanol–water partition coefficient (Wildman–Crippen LogP) is 8.10. The molecule has 0 saturated carbocycles. The first-order valence-electron chi connectivity index (χ1n) is 12.8. The number of para-hydroxylation sites is 1. The molecule has 0 aliphatic carbocycles. The standard InChI is InChI=1S/C29H32N2OS.C2H6/c1-4-30(5-2)24-18-19-25(27(32)21-24)23(17-16-22-12-8-7-9-13-22)20-29-31(6-3)26-14-10-11-15-28(26)33-29;1-2/h7-15,17-21,32H,4-6,16H2,1-3H3;1-2H3/p+1/b23-17-,29-20-;. The van der Waals surface area contributed by atoms with Gasteiger partial charge in [0.25, 0.3) is 5.75 Å². The van der Waals surface area contributed by atoms with Gasteiger partial charge in [0.05, 0.1) is 22.3 Å². The van der Waals surface area contributed by atoms with Crippen molar-refractivity contribution < 1.29 is 5.11 Å². The Balaban J connectivity index is 0.00000167. The highest BCUT2D eigenvalue weighted by Crippen LogP contribution is 2.46. The molecule has 35 heavy (non-hydrogen) atoms. The van der Waals surface area contributed by atoms with E-state index in [9.17, 15) is 0 Å². The lowest BCUT2D eigenvalue weighted by Crippen LogP contribution is -2.21. The van der Waals surface area contributed by atoms with Gasteiger partial charge in [0.15, 0.2) is 0 Å². The van der Waals surface area contributed by atoms with Crippen LogP contribution in [-0.4, -0.2) is 24.7 Å². The molecular weight excluding hydrogens is 448 g/mol. The molecule has 1 aliphatic rings. The van der Waals surface area contributed by atoms with Gasteiger partial charge in [0.2, 0.25) is 0 Å². The van der Waals surface area contributed by atoms with E-state index in [0.717, 1.165) is 42.9 Å². The molecule has 3 aromatic rings. The van der Waals surface area contributed by atoms with E-state index in [2.05, 4.69) is 109 Å². The van der Waals surface area contributed by atoms with E-state index in [1.165, 1.54) is 21.2 Å². The summed E-state index contributed by atoms with van der Waals surface area (Å²) in [5.74, 6) is 0.569. The first-order valence-corrected chi connectivity index (χ1v) is 13.6. The van der Waals surface area contributed by atoms with Gasteiger partial charge in [-0.1, -0.05) is 74.1 Å². The fraction of sp³-hybridized carbons (Fsp3) is 0.290. The second kappa shape index (κ2) is 13.1. The van der Waals surface area contributed by atoms with E-state index in [1.807, 2.05) is 31.7 Å². The van der Waals surface area contributed by atoms with E-state index in [-0.39, 0.29) is 0 Å². The summed E-state index contributed by atoms with van der Waals surface area (Å²) in [7, 11) is 0. The Morgan fingerprint density at radius 3 is 2.26 bits per heavy atom. The van der Waals surface area contributed by atoms with Crippen LogP contribution in [0.25, 0.3) is 5.57 Å². The number of fused-ring (bicyclic) bond motifs is 1. The number of nitrogens with zero attached hydrogens (tertiary/aromatic N) is 2. The Labute approximate surface area is 215 Å². The van der Waals surface area contributed by atoms with Crippen LogP contribution in [0.4, 0.5) is 11.4 Å². The van der Waals surface area contributed by atoms with E-state index in [1.54, 1.807) is 0 Å². The normalized spacial score (nSPS) is 13.9. The molecule has 0 amide bonds. The molecule has 0 fully saturated rings. The fourth-order valence-electron chi connectivity index (χ4n) is 4.28. The van der Waals surface area contributed by atoms with Gasteiger partial charge in [0.1, 0.15) is 0 Å². The minimum absolute atomic E-state index is 0.569. The SMILES string of the molecule is CC.CCN(CC)c1ccc(C(=C\Cc2ccccc2)/C=C2\Sc3ccccc3N2CC)c([OH2+])c1. The van der Waals surface area contributed by atoms with Gasteiger partial charge in [-0.3, -0.25) is 0 Å². The predicted molar refractivity (Wildman–Crippen MR) is 156 cm³/mol. The molecule has 0 saturated heterocycles. The minimum Gasteiger partial charge on any atom is -0.593 e. The van der Waals surface area contributed by atoms with Crippen LogP contribution in [-0.2, 0) is 6.42 Å². The van der Waals surface area contributed by atoms with Gasteiger partial charge in [-0.2, -0.15) is 0 Å². The first kappa shape index (κ1) is 26.5. The van der Waals surface area contributed by atoms with Crippen molar-refractivity contribution in [3.8, 4) is 5.75 Å². The third kappa shape index (κ3) is 6.32. The van der Waals surface area contributed by atoms with Crippen LogP contribution in [0.5, 0.6) is 5.75 Å². The quantitative estimate of drug-likeness (QED) is 0.301. The molecule has 1 heterocycles. The lowest BCUT2D eigenvalue weighted by Gasteiger charge is -2.21. The summed E-state index contributed by atoms with van der Waals surface area (Å²) in [6.07, 6.45) is 5.37. The zero-order chi connectivity index (χ0) is 25.2. The fourth-order valence-corrected chi connectivity index (χ4v) is 5.46. The molecule has 4 heteroatoms. The average Bonchev–Trinajstić information content (AvgIpc) is 3.26. The molecule has 0 spiro atoms. The third-order valence-corrected chi connectivity index (χ3v) is 7.19. The molecule has 2 N–H and O–H groups in total. The van der Waals surface area contributed by atoms with E-state index in [0.29, 0.717) is 5.75 Å². The van der Waals surface area contributed by atoms with Crippen molar-refractivity contribution in [2.75, 3.05) is 29.4 Å². The summed E-state index contributed by atoms with van der Waals surface area (Å²) in [6.45, 7) is 13.3. The van der Waals surface area contributed by atoms with Gasteiger partial charge in [-0.15, -0.1) is 0 Å². The minimum atomic E-state index is 0.569. The summed E-state index contributed by atoms with van der Waals surface area (Å²) in [5, 5.41) is 10.1. The molecule has 0 aromatic heterocycles. The van der Waals surface area contributed by atoms with Gasteiger partial charge >= 0.3 is 0 Å². The van der Waals surface area contributed by atoms with E-state index in [4.69, 9.17) is 5.11 Å². The van der Waals surface area contributed by atoms with Crippen LogP contribution in [0.15, 0.2) is 94.9 Å². The summed E-state index contributed by atoms with van der Waals surface area (Å²) < 4.78 is 0. The van der Waals surface area contributed by atoms with Crippen LogP contribution in [0.1, 0.15) is 45.7 Å². The number of hydrogen-bond donors (Lipinski definition) is 0. The number of benzene rings is 3. The largest absolute Gasteiger partial charge is 0.593 e. The maximum atomic E-state index is 8.85. The molecule has 0 atom stereocenters. The van der Waals surface area contributed by atoms with Crippen molar-refractivity contribution in [1.29, 1.82) is 0 Å². The van der Waals surface area contributed by atoms with Gasteiger partial charge in [0, 0.05) is 30.2 Å². The van der Waals surface area contributed by atoms with Crippen LogP contribution in [0.2, 0.25) is 0 Å². The second-order valence-electron chi connectivity index (χ2n) is 8.05. The zero-order valence-electron chi connectivity index (χ0n) is 21.7. The smallest absolute Gasteiger partial charge is 0.263 e. The molecule has 0 unspecified atom stereocenters. The Bertz CT molecular complexity index is 1150.